The van der Waals surface area contributed by atoms with Gasteiger partial charge >= 0.3 is 0 Å². The number of anilines is 1. The first-order valence-electron chi connectivity index (χ1n) is 7.72. The molecule has 2 heterocycles. The van der Waals surface area contributed by atoms with Crippen LogP contribution in [0.4, 0.5) is 5.69 Å². The number of nitrogens with two attached hydrogens (primary N) is 2. The molecule has 0 saturated heterocycles. The molecule has 0 unspecified atom stereocenters. The quantitative estimate of drug-likeness (QED) is 0.745. The second-order valence-electron chi connectivity index (χ2n) is 6.04. The Bertz CT molecular complexity index is 816. The van der Waals surface area contributed by atoms with Gasteiger partial charge in [0, 0.05) is 5.39 Å². The normalized spacial score (nSPS) is 20.7. The number of nitrogens with zero attached hydrogens (tertiary/aromatic N) is 4. The highest BCUT2D eigenvalue weighted by atomic mass is 35.5. The first-order chi connectivity index (χ1) is 11.1. The smallest absolute Gasteiger partial charge is 0.220 e. The lowest BCUT2D eigenvalue weighted by Gasteiger charge is -2.45. The molecule has 8 heteroatoms. The van der Waals surface area contributed by atoms with Crippen LogP contribution < -0.4 is 16.4 Å². The van der Waals surface area contributed by atoms with Gasteiger partial charge in [-0.3, -0.25) is 10.00 Å². The van der Waals surface area contributed by atoms with Crippen LogP contribution in [0.25, 0.3) is 10.9 Å². The Morgan fingerprint density at radius 3 is 2.74 bits per heavy atom. The predicted molar refractivity (Wildman–Crippen MR) is 92.6 cm³/mol. The highest BCUT2D eigenvalue weighted by Gasteiger charge is 2.43. The average Bonchev–Trinajstić information content (AvgIpc) is 3.00. The van der Waals surface area contributed by atoms with Crippen LogP contribution in [-0.2, 0) is 0 Å². The molecular weight excluding hydrogens is 314 g/mol. The number of aliphatic imine (C=N–C) groups is 2. The SMILES string of the molecule is NC1=NC2(CCCCC2)N(c2ccc(Cl)c3cn[nH]c23)C(N)=N1. The number of fused-ring (bicyclic) bond motifs is 1. The summed E-state index contributed by atoms with van der Waals surface area (Å²) in [6.07, 6.45) is 6.86. The molecule has 1 aliphatic carbocycles. The Labute approximate surface area is 138 Å². The molecule has 2 aliphatic rings. The topological polar surface area (TPSA) is 109 Å². The van der Waals surface area contributed by atoms with Gasteiger partial charge in [-0.05, 0) is 37.8 Å². The lowest BCUT2D eigenvalue weighted by atomic mass is 9.87. The molecule has 0 bridgehead atoms. The van der Waals surface area contributed by atoms with Crippen LogP contribution in [0.5, 0.6) is 0 Å². The zero-order valence-electron chi connectivity index (χ0n) is 12.6. The van der Waals surface area contributed by atoms with Crippen LogP contribution in [0.1, 0.15) is 32.1 Å². The van der Waals surface area contributed by atoms with E-state index < -0.39 is 5.66 Å². The zero-order chi connectivity index (χ0) is 16.0. The summed E-state index contributed by atoms with van der Waals surface area (Å²) in [5, 5.41) is 8.62. The summed E-state index contributed by atoms with van der Waals surface area (Å²) in [5.41, 5.74) is 13.4. The van der Waals surface area contributed by atoms with E-state index in [2.05, 4.69) is 20.2 Å². The van der Waals surface area contributed by atoms with Crippen molar-refractivity contribution < 1.29 is 0 Å². The molecule has 1 saturated carbocycles. The monoisotopic (exact) mass is 331 g/mol. The fraction of sp³-hybridized carbons (Fsp3) is 0.400. The molecule has 1 aliphatic heterocycles. The number of nitrogens with one attached hydrogen (secondary N) is 1. The van der Waals surface area contributed by atoms with Crippen molar-refractivity contribution in [1.29, 1.82) is 0 Å². The highest BCUT2D eigenvalue weighted by Crippen LogP contribution is 2.42. The average molecular weight is 332 g/mol. The zero-order valence-corrected chi connectivity index (χ0v) is 13.3. The van der Waals surface area contributed by atoms with Gasteiger partial charge in [-0.25, -0.2) is 4.99 Å². The second-order valence-corrected chi connectivity index (χ2v) is 6.45. The van der Waals surface area contributed by atoms with E-state index in [1.165, 1.54) is 6.42 Å². The standard InChI is InChI=1S/C15H18ClN7/c16-10-4-5-11(12-9(10)8-19-22-12)23-14(18)20-13(17)21-15(23)6-2-1-3-7-15/h4-5,8H,1-3,6-7H2,(H,19,22)(H4,17,18,20,21). The molecule has 1 spiro atoms. The number of halogens is 1. The summed E-state index contributed by atoms with van der Waals surface area (Å²) >= 11 is 6.26. The van der Waals surface area contributed by atoms with Crippen LogP contribution in [0.2, 0.25) is 5.02 Å². The maximum Gasteiger partial charge on any atom is 0.220 e. The molecular formula is C15H18ClN7. The fourth-order valence-electron chi connectivity index (χ4n) is 3.64. The molecule has 0 radical (unpaired) electrons. The third kappa shape index (κ3) is 2.15. The molecule has 7 nitrogen and oxygen atoms in total. The maximum absolute atomic E-state index is 6.26. The molecule has 4 rings (SSSR count). The van der Waals surface area contributed by atoms with E-state index in [1.54, 1.807) is 6.20 Å². The number of H-pyrrole nitrogens is 1. The number of aromatic amines is 1. The minimum atomic E-state index is -0.472. The minimum Gasteiger partial charge on any atom is -0.369 e. The Hall–Kier alpha value is -2.28. The number of rotatable bonds is 1. The van der Waals surface area contributed by atoms with Gasteiger partial charge in [0.1, 0.15) is 5.66 Å². The van der Waals surface area contributed by atoms with Gasteiger partial charge in [-0.15, -0.1) is 0 Å². The first-order valence-corrected chi connectivity index (χ1v) is 8.10. The van der Waals surface area contributed by atoms with Gasteiger partial charge in [0.25, 0.3) is 0 Å². The van der Waals surface area contributed by atoms with Gasteiger partial charge in [0.2, 0.25) is 11.9 Å². The van der Waals surface area contributed by atoms with Crippen molar-refractivity contribution in [3.63, 3.8) is 0 Å². The summed E-state index contributed by atoms with van der Waals surface area (Å²) in [5.74, 6) is 0.605. The Morgan fingerprint density at radius 2 is 1.96 bits per heavy atom. The summed E-state index contributed by atoms with van der Waals surface area (Å²) in [4.78, 5) is 10.9. The van der Waals surface area contributed by atoms with Crippen LogP contribution in [0, 0.1) is 0 Å². The van der Waals surface area contributed by atoms with Gasteiger partial charge in [0.05, 0.1) is 22.4 Å². The lowest BCUT2D eigenvalue weighted by Crippen LogP contribution is -2.58. The van der Waals surface area contributed by atoms with E-state index in [1.807, 2.05) is 17.0 Å². The number of aromatic nitrogens is 2. The third-order valence-electron chi connectivity index (χ3n) is 4.63. The molecule has 0 atom stereocenters. The molecule has 120 valence electrons. The summed E-state index contributed by atoms with van der Waals surface area (Å²) in [7, 11) is 0. The Morgan fingerprint density at radius 1 is 1.17 bits per heavy atom. The van der Waals surface area contributed by atoms with E-state index in [0.717, 1.165) is 42.3 Å². The van der Waals surface area contributed by atoms with E-state index in [4.69, 9.17) is 23.1 Å². The largest absolute Gasteiger partial charge is 0.369 e. The van der Waals surface area contributed by atoms with Crippen molar-refractivity contribution in [1.82, 2.24) is 10.2 Å². The first kappa shape index (κ1) is 14.3. The number of hydrogen-bond acceptors (Lipinski definition) is 6. The van der Waals surface area contributed by atoms with Crippen LogP contribution in [0.3, 0.4) is 0 Å². The summed E-state index contributed by atoms with van der Waals surface area (Å²) in [6.45, 7) is 0. The van der Waals surface area contributed by atoms with Crippen LogP contribution in [0.15, 0.2) is 28.3 Å². The Balaban J connectivity index is 1.92. The van der Waals surface area contributed by atoms with Gasteiger partial charge in [-0.2, -0.15) is 10.1 Å². The highest BCUT2D eigenvalue weighted by molar-refractivity contribution is 6.36. The van der Waals surface area contributed by atoms with Crippen LogP contribution in [-0.4, -0.2) is 27.8 Å². The number of hydrogen-bond donors (Lipinski definition) is 3. The van der Waals surface area contributed by atoms with Crippen molar-refractivity contribution in [3.05, 3.63) is 23.4 Å². The van der Waals surface area contributed by atoms with Gasteiger partial charge in [0.15, 0.2) is 0 Å². The van der Waals surface area contributed by atoms with E-state index in [9.17, 15) is 0 Å². The van der Waals surface area contributed by atoms with Gasteiger partial charge in [-0.1, -0.05) is 18.0 Å². The van der Waals surface area contributed by atoms with Crippen LogP contribution >= 0.6 is 11.6 Å². The molecule has 5 N–H and O–H groups in total. The van der Waals surface area contributed by atoms with Gasteiger partial charge < -0.3 is 11.5 Å². The molecule has 1 aromatic carbocycles. The fourth-order valence-corrected chi connectivity index (χ4v) is 3.85. The third-order valence-corrected chi connectivity index (χ3v) is 4.96. The van der Waals surface area contributed by atoms with Crippen molar-refractivity contribution >= 4 is 40.1 Å². The van der Waals surface area contributed by atoms with Crippen molar-refractivity contribution in [2.45, 2.75) is 37.8 Å². The van der Waals surface area contributed by atoms with E-state index in [0.29, 0.717) is 11.0 Å². The van der Waals surface area contributed by atoms with E-state index >= 15 is 0 Å². The predicted octanol–water partition coefficient (Wildman–Crippen LogP) is 2.33. The molecule has 23 heavy (non-hydrogen) atoms. The van der Waals surface area contributed by atoms with E-state index in [-0.39, 0.29) is 5.96 Å². The maximum atomic E-state index is 6.26. The van der Waals surface area contributed by atoms with Crippen molar-refractivity contribution in [3.8, 4) is 0 Å². The summed E-state index contributed by atoms with van der Waals surface area (Å²) < 4.78 is 0. The molecule has 2 aromatic rings. The minimum absolute atomic E-state index is 0.246. The molecule has 1 fully saturated rings. The lowest BCUT2D eigenvalue weighted by molar-refractivity contribution is 0.306. The number of benzene rings is 1. The Kier molecular flexibility index (Phi) is 3.19. The molecule has 0 amide bonds. The number of guanidine groups is 2. The van der Waals surface area contributed by atoms with Crippen molar-refractivity contribution in [2.24, 2.45) is 21.5 Å². The summed E-state index contributed by atoms with van der Waals surface area (Å²) in [6, 6.07) is 3.78. The molecule has 1 aromatic heterocycles. The second kappa shape index (κ2) is 5.13. The van der Waals surface area contributed by atoms with Crippen molar-refractivity contribution in [2.75, 3.05) is 4.90 Å².